The lowest BCUT2D eigenvalue weighted by Gasteiger charge is -2.23. The van der Waals surface area contributed by atoms with E-state index < -0.39 is 0 Å². The molecule has 0 aliphatic heterocycles. The van der Waals surface area contributed by atoms with Crippen molar-refractivity contribution >= 4 is 11.8 Å². The van der Waals surface area contributed by atoms with E-state index in [1.807, 2.05) is 37.4 Å². The molecule has 0 saturated carbocycles. The van der Waals surface area contributed by atoms with Crippen LogP contribution in [-0.4, -0.2) is 45.2 Å². The van der Waals surface area contributed by atoms with Gasteiger partial charge in [0.25, 0.3) is 0 Å². The van der Waals surface area contributed by atoms with E-state index in [4.69, 9.17) is 4.74 Å². The zero-order valence-corrected chi connectivity index (χ0v) is 17.1. The summed E-state index contributed by atoms with van der Waals surface area (Å²) in [6.45, 7) is 3.33. The van der Waals surface area contributed by atoms with Gasteiger partial charge in [0.15, 0.2) is 5.82 Å². The van der Waals surface area contributed by atoms with Gasteiger partial charge in [-0.05, 0) is 42.2 Å². The van der Waals surface area contributed by atoms with E-state index in [0.29, 0.717) is 36.2 Å². The zero-order valence-electron chi connectivity index (χ0n) is 17.1. The Morgan fingerprint density at radius 3 is 3.00 bits per heavy atom. The lowest BCUT2D eigenvalue weighted by atomic mass is 9.83. The molecule has 2 aromatic heterocycles. The van der Waals surface area contributed by atoms with Crippen molar-refractivity contribution in [3.05, 3.63) is 53.3 Å². The lowest BCUT2D eigenvalue weighted by molar-refractivity contribution is 0.183. The van der Waals surface area contributed by atoms with Crippen LogP contribution in [0.15, 0.2) is 36.7 Å². The number of aliphatic hydroxyl groups excluding tert-OH is 1. The molecule has 3 aromatic rings. The monoisotopic (exact) mass is 404 g/mol. The number of nitrogens with zero attached hydrogens (tertiary/aromatic N) is 5. The molecular weight excluding hydrogens is 380 g/mol. The fraction of sp³-hybridized carbons (Fsp3) is 0.364. The minimum atomic E-state index is -0.333. The molecule has 2 N–H and O–H groups in total. The maximum atomic E-state index is 9.93. The Balaban J connectivity index is 1.64. The summed E-state index contributed by atoms with van der Waals surface area (Å²) < 4.78 is 6.85. The number of benzene rings is 1. The normalized spacial score (nSPS) is 17.5. The molecule has 1 atom stereocenters. The standard InChI is InChI=1S/C22H24N6O2/c1-22(14-29)6-3-17-16(13-23)11-15(12-18(17)22)19-4-7-24-21(25-19)26-20-5-8-28(27-20)9-10-30-2/h4-5,7-8,11-12,29H,3,6,9-10,14H2,1-2H3,(H,24,25,26,27). The van der Waals surface area contributed by atoms with Crippen LogP contribution in [0, 0.1) is 11.3 Å². The Morgan fingerprint density at radius 1 is 1.37 bits per heavy atom. The van der Waals surface area contributed by atoms with Crippen LogP contribution >= 0.6 is 0 Å². The van der Waals surface area contributed by atoms with E-state index >= 15 is 0 Å². The minimum Gasteiger partial charge on any atom is -0.395 e. The summed E-state index contributed by atoms with van der Waals surface area (Å²) in [5.74, 6) is 1.07. The smallest absolute Gasteiger partial charge is 0.228 e. The predicted octanol–water partition coefficient (Wildman–Crippen LogP) is 2.80. The van der Waals surface area contributed by atoms with Crippen LogP contribution in [0.3, 0.4) is 0 Å². The zero-order chi connectivity index (χ0) is 21.1. The lowest BCUT2D eigenvalue weighted by Crippen LogP contribution is -2.23. The van der Waals surface area contributed by atoms with Crippen molar-refractivity contribution in [2.45, 2.75) is 31.7 Å². The molecule has 2 heterocycles. The number of ether oxygens (including phenoxy) is 1. The van der Waals surface area contributed by atoms with E-state index in [1.54, 1.807) is 18.0 Å². The van der Waals surface area contributed by atoms with Crippen molar-refractivity contribution in [3.8, 4) is 17.3 Å². The van der Waals surface area contributed by atoms with Gasteiger partial charge in [-0.15, -0.1) is 0 Å². The summed E-state index contributed by atoms with van der Waals surface area (Å²) in [6, 6.07) is 9.89. The number of methoxy groups -OCH3 is 1. The minimum absolute atomic E-state index is 0.0522. The van der Waals surface area contributed by atoms with Gasteiger partial charge in [0.2, 0.25) is 5.95 Å². The first-order valence-electron chi connectivity index (χ1n) is 9.87. The Morgan fingerprint density at radius 2 is 2.23 bits per heavy atom. The van der Waals surface area contributed by atoms with Gasteiger partial charge in [0.1, 0.15) is 0 Å². The Labute approximate surface area is 175 Å². The van der Waals surface area contributed by atoms with Crippen LogP contribution < -0.4 is 5.32 Å². The maximum Gasteiger partial charge on any atom is 0.228 e. The predicted molar refractivity (Wildman–Crippen MR) is 112 cm³/mol. The van der Waals surface area contributed by atoms with E-state index in [9.17, 15) is 10.4 Å². The third-order valence-corrected chi connectivity index (χ3v) is 5.65. The highest BCUT2D eigenvalue weighted by molar-refractivity contribution is 5.67. The van der Waals surface area contributed by atoms with Crippen molar-refractivity contribution in [3.63, 3.8) is 0 Å². The first-order chi connectivity index (χ1) is 14.6. The van der Waals surface area contributed by atoms with Crippen molar-refractivity contribution < 1.29 is 9.84 Å². The topological polar surface area (TPSA) is 109 Å². The molecule has 1 aliphatic carbocycles. The molecule has 1 aliphatic rings. The summed E-state index contributed by atoms with van der Waals surface area (Å²) in [5.41, 5.74) is 3.92. The Bertz CT molecular complexity index is 1100. The summed E-state index contributed by atoms with van der Waals surface area (Å²) in [6.07, 6.45) is 5.18. The molecule has 0 radical (unpaired) electrons. The second kappa shape index (κ2) is 8.22. The number of nitrogens with one attached hydrogen (secondary N) is 1. The molecule has 0 spiro atoms. The second-order valence-corrected chi connectivity index (χ2v) is 7.73. The number of aliphatic hydroxyl groups is 1. The third-order valence-electron chi connectivity index (χ3n) is 5.65. The molecule has 8 nitrogen and oxygen atoms in total. The van der Waals surface area contributed by atoms with Crippen LogP contribution in [0.5, 0.6) is 0 Å². The SMILES string of the molecule is COCCn1ccc(Nc2nccc(-c3cc(C#N)c4c(c3)C(C)(CO)CC4)n2)n1. The summed E-state index contributed by atoms with van der Waals surface area (Å²) >= 11 is 0. The van der Waals surface area contributed by atoms with Crippen LogP contribution in [-0.2, 0) is 23.1 Å². The third kappa shape index (κ3) is 3.77. The molecule has 0 saturated heterocycles. The fourth-order valence-corrected chi connectivity index (χ4v) is 3.86. The average molecular weight is 404 g/mol. The number of aromatic nitrogens is 4. The highest BCUT2D eigenvalue weighted by atomic mass is 16.5. The highest BCUT2D eigenvalue weighted by Crippen LogP contribution is 2.42. The molecule has 8 heteroatoms. The molecule has 0 amide bonds. The van der Waals surface area contributed by atoms with Crippen LogP contribution in [0.1, 0.15) is 30.0 Å². The van der Waals surface area contributed by atoms with Crippen LogP contribution in [0.4, 0.5) is 11.8 Å². The number of nitriles is 1. The van der Waals surface area contributed by atoms with Crippen molar-refractivity contribution in [2.24, 2.45) is 0 Å². The van der Waals surface area contributed by atoms with Gasteiger partial charge in [-0.25, -0.2) is 9.97 Å². The van der Waals surface area contributed by atoms with Crippen LogP contribution in [0.25, 0.3) is 11.3 Å². The Hall–Kier alpha value is -3.28. The Kier molecular flexibility index (Phi) is 5.48. The quantitative estimate of drug-likeness (QED) is 0.623. The molecule has 154 valence electrons. The molecule has 1 unspecified atom stereocenters. The van der Waals surface area contributed by atoms with Crippen molar-refractivity contribution in [2.75, 3.05) is 25.6 Å². The largest absolute Gasteiger partial charge is 0.395 e. The molecule has 4 rings (SSSR count). The molecule has 0 fully saturated rings. The van der Waals surface area contributed by atoms with E-state index in [-0.39, 0.29) is 12.0 Å². The van der Waals surface area contributed by atoms with Gasteiger partial charge < -0.3 is 15.2 Å². The second-order valence-electron chi connectivity index (χ2n) is 7.73. The van der Waals surface area contributed by atoms with Crippen molar-refractivity contribution in [1.29, 1.82) is 5.26 Å². The van der Waals surface area contributed by atoms with E-state index in [1.165, 1.54) is 0 Å². The van der Waals surface area contributed by atoms with Gasteiger partial charge in [-0.2, -0.15) is 10.4 Å². The molecule has 0 bridgehead atoms. The average Bonchev–Trinajstić information content (AvgIpc) is 3.36. The number of anilines is 2. The van der Waals surface area contributed by atoms with Crippen molar-refractivity contribution in [1.82, 2.24) is 19.7 Å². The molecule has 1 aromatic carbocycles. The van der Waals surface area contributed by atoms with Gasteiger partial charge in [-0.3, -0.25) is 4.68 Å². The number of hydrogen-bond acceptors (Lipinski definition) is 7. The summed E-state index contributed by atoms with van der Waals surface area (Å²) in [5, 5.41) is 27.1. The van der Waals surface area contributed by atoms with Crippen LogP contribution in [0.2, 0.25) is 0 Å². The van der Waals surface area contributed by atoms with E-state index in [0.717, 1.165) is 29.5 Å². The molecular formula is C22H24N6O2. The van der Waals surface area contributed by atoms with E-state index in [2.05, 4.69) is 26.5 Å². The first-order valence-corrected chi connectivity index (χ1v) is 9.87. The molecule has 30 heavy (non-hydrogen) atoms. The van der Waals surface area contributed by atoms with Gasteiger partial charge in [0.05, 0.1) is 37.1 Å². The number of fused-ring (bicyclic) bond motifs is 1. The summed E-state index contributed by atoms with van der Waals surface area (Å²) in [4.78, 5) is 8.91. The number of hydrogen-bond donors (Lipinski definition) is 2. The summed E-state index contributed by atoms with van der Waals surface area (Å²) in [7, 11) is 1.65. The fourth-order valence-electron chi connectivity index (χ4n) is 3.86. The highest BCUT2D eigenvalue weighted by Gasteiger charge is 2.35. The first kappa shape index (κ1) is 20.0. The number of rotatable bonds is 7. The maximum absolute atomic E-state index is 9.93. The van der Waals surface area contributed by atoms with Gasteiger partial charge >= 0.3 is 0 Å². The van der Waals surface area contributed by atoms with Gasteiger partial charge in [0, 0.05) is 36.5 Å². The van der Waals surface area contributed by atoms with Gasteiger partial charge in [-0.1, -0.05) is 6.92 Å².